The van der Waals surface area contributed by atoms with Crippen LogP contribution in [0.15, 0.2) is 4.42 Å². The summed E-state index contributed by atoms with van der Waals surface area (Å²) < 4.78 is 5.48. The van der Waals surface area contributed by atoms with Crippen molar-refractivity contribution >= 4 is 0 Å². The van der Waals surface area contributed by atoms with Crippen molar-refractivity contribution in [1.82, 2.24) is 15.5 Å². The quantitative estimate of drug-likeness (QED) is 0.701. The summed E-state index contributed by atoms with van der Waals surface area (Å²) in [4.78, 5) is 0. The first kappa shape index (κ1) is 11.2. The maximum Gasteiger partial charge on any atom is 0.217 e. The van der Waals surface area contributed by atoms with Crippen LogP contribution < -0.4 is 5.32 Å². The van der Waals surface area contributed by atoms with Gasteiger partial charge in [0.2, 0.25) is 11.8 Å². The number of rotatable bonds is 6. The second-order valence-electron chi connectivity index (χ2n) is 3.79. The minimum absolute atomic E-state index is 0.567. The van der Waals surface area contributed by atoms with E-state index in [-0.39, 0.29) is 0 Å². The van der Waals surface area contributed by atoms with Gasteiger partial charge in [-0.2, -0.15) is 0 Å². The number of hydrogen-bond donors (Lipinski definition) is 1. The summed E-state index contributed by atoms with van der Waals surface area (Å²) in [5.74, 6) is 2.06. The maximum absolute atomic E-state index is 5.48. The molecule has 0 bridgehead atoms. The minimum Gasteiger partial charge on any atom is -0.425 e. The van der Waals surface area contributed by atoms with Crippen LogP contribution in [0.2, 0.25) is 0 Å². The zero-order valence-electron chi connectivity index (χ0n) is 9.21. The fourth-order valence-corrected chi connectivity index (χ4v) is 1.19. The van der Waals surface area contributed by atoms with E-state index >= 15 is 0 Å². The van der Waals surface area contributed by atoms with Crippen LogP contribution in [-0.4, -0.2) is 23.3 Å². The summed E-state index contributed by atoms with van der Waals surface area (Å²) >= 11 is 0. The van der Waals surface area contributed by atoms with Crippen LogP contribution in [0.4, 0.5) is 0 Å². The van der Waals surface area contributed by atoms with E-state index in [0.29, 0.717) is 5.92 Å². The third-order valence-corrected chi connectivity index (χ3v) is 1.86. The number of hydrogen-bond acceptors (Lipinski definition) is 4. The zero-order chi connectivity index (χ0) is 10.4. The highest BCUT2D eigenvalue weighted by Gasteiger charge is 2.06. The molecule has 4 nitrogen and oxygen atoms in total. The Bertz CT molecular complexity index is 258. The fourth-order valence-electron chi connectivity index (χ4n) is 1.19. The maximum atomic E-state index is 5.48. The molecule has 0 saturated heterocycles. The van der Waals surface area contributed by atoms with Crippen LogP contribution in [0.3, 0.4) is 0 Å². The third-order valence-electron chi connectivity index (χ3n) is 1.86. The number of nitrogens with zero attached hydrogens (tertiary/aromatic N) is 2. The van der Waals surface area contributed by atoms with Gasteiger partial charge >= 0.3 is 0 Å². The van der Waals surface area contributed by atoms with Gasteiger partial charge in [-0.15, -0.1) is 10.2 Å². The molecule has 1 aromatic rings. The number of nitrogens with one attached hydrogen (secondary N) is 1. The minimum atomic E-state index is 0.567. The number of likely N-dealkylation sites (N-methyl/N-ethyl adjacent to an activating group) is 1. The van der Waals surface area contributed by atoms with Gasteiger partial charge < -0.3 is 9.73 Å². The third kappa shape index (κ3) is 3.87. The van der Waals surface area contributed by atoms with Gasteiger partial charge in [-0.1, -0.05) is 20.8 Å². The summed E-state index contributed by atoms with van der Waals surface area (Å²) in [6, 6.07) is 0. The molecule has 80 valence electrons. The molecule has 0 amide bonds. The molecule has 0 aliphatic heterocycles. The van der Waals surface area contributed by atoms with Crippen LogP contribution in [-0.2, 0) is 12.8 Å². The number of aromatic nitrogens is 2. The van der Waals surface area contributed by atoms with Crippen molar-refractivity contribution in [1.29, 1.82) is 0 Å². The topological polar surface area (TPSA) is 51.0 Å². The van der Waals surface area contributed by atoms with Crippen LogP contribution >= 0.6 is 0 Å². The highest BCUT2D eigenvalue weighted by atomic mass is 16.4. The lowest BCUT2D eigenvalue weighted by Gasteiger charge is -1.98. The van der Waals surface area contributed by atoms with E-state index in [2.05, 4.69) is 36.3 Å². The van der Waals surface area contributed by atoms with Gasteiger partial charge in [-0.25, -0.2) is 0 Å². The second-order valence-corrected chi connectivity index (χ2v) is 3.79. The van der Waals surface area contributed by atoms with E-state index in [1.807, 2.05) is 0 Å². The van der Waals surface area contributed by atoms with E-state index in [0.717, 1.165) is 37.7 Å². The molecular formula is C10H19N3O. The SMILES string of the molecule is CCNCCc1nnc(CC(C)C)o1. The van der Waals surface area contributed by atoms with E-state index in [1.54, 1.807) is 0 Å². The fraction of sp³-hybridized carbons (Fsp3) is 0.800. The molecule has 0 radical (unpaired) electrons. The molecule has 0 unspecified atom stereocenters. The molecule has 0 spiro atoms. The molecule has 0 saturated carbocycles. The normalized spacial score (nSPS) is 11.1. The van der Waals surface area contributed by atoms with E-state index in [1.165, 1.54) is 0 Å². The lowest BCUT2D eigenvalue weighted by Crippen LogP contribution is -2.16. The van der Waals surface area contributed by atoms with E-state index < -0.39 is 0 Å². The second kappa shape index (κ2) is 5.75. The van der Waals surface area contributed by atoms with E-state index in [4.69, 9.17) is 4.42 Å². The van der Waals surface area contributed by atoms with Crippen molar-refractivity contribution in [2.24, 2.45) is 5.92 Å². The van der Waals surface area contributed by atoms with Gasteiger partial charge in [0.15, 0.2) is 0 Å². The summed E-state index contributed by atoms with van der Waals surface area (Å²) in [6.45, 7) is 8.25. The molecule has 1 heterocycles. The Kier molecular flexibility index (Phi) is 4.59. The summed E-state index contributed by atoms with van der Waals surface area (Å²) in [5, 5.41) is 11.2. The monoisotopic (exact) mass is 197 g/mol. The highest BCUT2D eigenvalue weighted by molar-refractivity contribution is 4.83. The van der Waals surface area contributed by atoms with Crippen LogP contribution in [0.25, 0.3) is 0 Å². The van der Waals surface area contributed by atoms with Gasteiger partial charge in [0, 0.05) is 19.4 Å². The molecule has 1 rings (SSSR count). The van der Waals surface area contributed by atoms with Gasteiger partial charge in [0.1, 0.15) is 0 Å². The molecule has 0 fully saturated rings. The lowest BCUT2D eigenvalue weighted by molar-refractivity contribution is 0.422. The van der Waals surface area contributed by atoms with Crippen LogP contribution in [0.5, 0.6) is 0 Å². The molecule has 0 atom stereocenters. The van der Waals surface area contributed by atoms with Gasteiger partial charge in [-0.05, 0) is 12.5 Å². The standard InChI is InChI=1S/C10H19N3O/c1-4-11-6-5-9-12-13-10(14-9)7-8(2)3/h8,11H,4-7H2,1-3H3. The first-order valence-corrected chi connectivity index (χ1v) is 5.24. The lowest BCUT2D eigenvalue weighted by atomic mass is 10.1. The predicted molar refractivity (Wildman–Crippen MR) is 55.1 cm³/mol. The molecule has 14 heavy (non-hydrogen) atoms. The van der Waals surface area contributed by atoms with Gasteiger partial charge in [-0.3, -0.25) is 0 Å². The molecule has 1 aromatic heterocycles. The summed E-state index contributed by atoms with van der Waals surface area (Å²) in [6.07, 6.45) is 1.69. The molecule has 0 aliphatic carbocycles. The van der Waals surface area contributed by atoms with Gasteiger partial charge in [0.25, 0.3) is 0 Å². The Morgan fingerprint density at radius 3 is 2.64 bits per heavy atom. The van der Waals surface area contributed by atoms with Crippen molar-refractivity contribution in [3.63, 3.8) is 0 Å². The largest absolute Gasteiger partial charge is 0.425 e. The summed E-state index contributed by atoms with van der Waals surface area (Å²) in [7, 11) is 0. The van der Waals surface area contributed by atoms with Crippen LogP contribution in [0, 0.1) is 5.92 Å². The average molecular weight is 197 g/mol. The van der Waals surface area contributed by atoms with Gasteiger partial charge in [0.05, 0.1) is 0 Å². The predicted octanol–water partition coefficient (Wildman–Crippen LogP) is 1.42. The van der Waals surface area contributed by atoms with Crippen molar-refractivity contribution in [3.8, 4) is 0 Å². The Morgan fingerprint density at radius 2 is 2.00 bits per heavy atom. The first-order valence-electron chi connectivity index (χ1n) is 5.24. The Balaban J connectivity index is 2.35. The van der Waals surface area contributed by atoms with Crippen LogP contribution in [0.1, 0.15) is 32.6 Å². The molecule has 1 N–H and O–H groups in total. The molecule has 0 aliphatic rings. The average Bonchev–Trinajstić information content (AvgIpc) is 2.52. The smallest absolute Gasteiger partial charge is 0.217 e. The van der Waals surface area contributed by atoms with Crippen molar-refractivity contribution in [2.45, 2.75) is 33.6 Å². The molecular weight excluding hydrogens is 178 g/mol. The Hall–Kier alpha value is -0.900. The van der Waals surface area contributed by atoms with Crippen molar-refractivity contribution < 1.29 is 4.42 Å². The molecule has 0 aromatic carbocycles. The first-order chi connectivity index (χ1) is 6.72. The Labute approximate surface area is 85.1 Å². The summed E-state index contributed by atoms with van der Waals surface area (Å²) in [5.41, 5.74) is 0. The van der Waals surface area contributed by atoms with Crippen molar-refractivity contribution in [3.05, 3.63) is 11.8 Å². The Morgan fingerprint density at radius 1 is 1.29 bits per heavy atom. The van der Waals surface area contributed by atoms with E-state index in [9.17, 15) is 0 Å². The van der Waals surface area contributed by atoms with Crippen molar-refractivity contribution in [2.75, 3.05) is 13.1 Å². The molecule has 4 heteroatoms. The highest BCUT2D eigenvalue weighted by Crippen LogP contribution is 2.06. The zero-order valence-corrected chi connectivity index (χ0v) is 9.21.